The van der Waals surface area contributed by atoms with Crippen molar-refractivity contribution in [2.24, 2.45) is 0 Å². The molecule has 1 aliphatic rings. The molecule has 1 fully saturated rings. The molecule has 2 nitrogen and oxygen atoms in total. The zero-order valence-corrected chi connectivity index (χ0v) is 10.9. The van der Waals surface area contributed by atoms with Gasteiger partial charge in [-0.15, -0.1) is 0 Å². The lowest BCUT2D eigenvalue weighted by atomic mass is 9.95. The first-order valence-electron chi connectivity index (χ1n) is 6.85. The molecule has 2 aromatic rings. The van der Waals surface area contributed by atoms with E-state index in [1.807, 2.05) is 18.2 Å². The van der Waals surface area contributed by atoms with Crippen molar-refractivity contribution in [1.82, 2.24) is 4.90 Å². The van der Waals surface area contributed by atoms with Crippen LogP contribution in [0.25, 0.3) is 0 Å². The van der Waals surface area contributed by atoms with Crippen molar-refractivity contribution in [2.75, 3.05) is 6.54 Å². The molecule has 1 aromatic heterocycles. The van der Waals surface area contributed by atoms with Crippen LogP contribution in [-0.4, -0.2) is 11.4 Å². The molecule has 0 amide bonds. The summed E-state index contributed by atoms with van der Waals surface area (Å²) in [6.07, 6.45) is 5.20. The fourth-order valence-corrected chi connectivity index (χ4v) is 2.87. The second-order valence-corrected chi connectivity index (χ2v) is 5.12. The van der Waals surface area contributed by atoms with E-state index in [0.29, 0.717) is 6.04 Å². The van der Waals surface area contributed by atoms with Gasteiger partial charge in [-0.1, -0.05) is 18.6 Å². The van der Waals surface area contributed by atoms with Gasteiger partial charge in [-0.3, -0.25) is 4.90 Å². The minimum atomic E-state index is -0.152. The molecule has 2 heterocycles. The van der Waals surface area contributed by atoms with Crippen LogP contribution in [0, 0.1) is 5.82 Å². The van der Waals surface area contributed by atoms with Gasteiger partial charge in [0, 0.05) is 6.04 Å². The highest BCUT2D eigenvalue weighted by atomic mass is 19.1. The number of nitrogens with zero attached hydrogens (tertiary/aromatic N) is 1. The summed E-state index contributed by atoms with van der Waals surface area (Å²) in [5.41, 5.74) is 1.08. The zero-order chi connectivity index (χ0) is 13.1. The van der Waals surface area contributed by atoms with Crippen LogP contribution < -0.4 is 0 Å². The molecular formula is C16H18FNO. The predicted octanol–water partition coefficient (Wildman–Crippen LogP) is 4.15. The van der Waals surface area contributed by atoms with E-state index in [1.165, 1.54) is 18.9 Å². The third kappa shape index (κ3) is 2.87. The Morgan fingerprint density at radius 2 is 2.16 bits per heavy atom. The smallest absolute Gasteiger partial charge is 0.123 e. The summed E-state index contributed by atoms with van der Waals surface area (Å²) in [6, 6.07) is 11.2. The van der Waals surface area contributed by atoms with Crippen LogP contribution >= 0.6 is 0 Å². The minimum absolute atomic E-state index is 0.152. The molecule has 3 heteroatoms. The average Bonchev–Trinajstić information content (AvgIpc) is 2.92. The Morgan fingerprint density at radius 1 is 1.21 bits per heavy atom. The van der Waals surface area contributed by atoms with Gasteiger partial charge in [0.05, 0.1) is 12.8 Å². The maximum absolute atomic E-state index is 13.4. The van der Waals surface area contributed by atoms with Gasteiger partial charge in [-0.05, 0) is 49.2 Å². The van der Waals surface area contributed by atoms with Crippen LogP contribution in [0.15, 0.2) is 47.1 Å². The van der Waals surface area contributed by atoms with Crippen LogP contribution in [0.2, 0.25) is 0 Å². The number of furan rings is 1. The lowest BCUT2D eigenvalue weighted by molar-refractivity contribution is 0.130. The van der Waals surface area contributed by atoms with E-state index in [4.69, 9.17) is 4.42 Å². The zero-order valence-electron chi connectivity index (χ0n) is 10.9. The van der Waals surface area contributed by atoms with Crippen LogP contribution in [0.3, 0.4) is 0 Å². The van der Waals surface area contributed by atoms with E-state index >= 15 is 0 Å². The van der Waals surface area contributed by atoms with Crippen LogP contribution in [-0.2, 0) is 6.54 Å². The molecule has 3 rings (SSSR count). The van der Waals surface area contributed by atoms with E-state index in [1.54, 1.807) is 18.4 Å². The lowest BCUT2D eigenvalue weighted by Gasteiger charge is -2.35. The predicted molar refractivity (Wildman–Crippen MR) is 72.1 cm³/mol. The van der Waals surface area contributed by atoms with Gasteiger partial charge in [0.1, 0.15) is 11.6 Å². The van der Waals surface area contributed by atoms with E-state index in [2.05, 4.69) is 4.90 Å². The Morgan fingerprint density at radius 3 is 2.95 bits per heavy atom. The Hall–Kier alpha value is -1.61. The van der Waals surface area contributed by atoms with Gasteiger partial charge in [0.2, 0.25) is 0 Å². The Bertz CT molecular complexity index is 523. The van der Waals surface area contributed by atoms with Crippen molar-refractivity contribution in [2.45, 2.75) is 31.8 Å². The fraction of sp³-hybridized carbons (Fsp3) is 0.375. The highest BCUT2D eigenvalue weighted by Crippen LogP contribution is 2.32. The second-order valence-electron chi connectivity index (χ2n) is 5.12. The molecule has 19 heavy (non-hydrogen) atoms. The summed E-state index contributed by atoms with van der Waals surface area (Å²) in [4.78, 5) is 2.39. The second kappa shape index (κ2) is 5.57. The molecule has 0 saturated carbocycles. The van der Waals surface area contributed by atoms with Gasteiger partial charge in [-0.25, -0.2) is 4.39 Å². The van der Waals surface area contributed by atoms with Crippen molar-refractivity contribution in [3.8, 4) is 0 Å². The monoisotopic (exact) mass is 259 g/mol. The van der Waals surface area contributed by atoms with E-state index in [9.17, 15) is 4.39 Å². The van der Waals surface area contributed by atoms with E-state index in [-0.39, 0.29) is 5.82 Å². The summed E-state index contributed by atoms with van der Waals surface area (Å²) in [6.45, 7) is 1.84. The topological polar surface area (TPSA) is 16.4 Å². The molecule has 0 radical (unpaired) electrons. The first-order chi connectivity index (χ1) is 9.33. The minimum Gasteiger partial charge on any atom is -0.468 e. The summed E-state index contributed by atoms with van der Waals surface area (Å²) < 4.78 is 18.8. The third-order valence-corrected chi connectivity index (χ3v) is 3.79. The maximum Gasteiger partial charge on any atom is 0.123 e. The number of hydrogen-bond acceptors (Lipinski definition) is 2. The Balaban J connectivity index is 1.80. The fourth-order valence-electron chi connectivity index (χ4n) is 2.87. The first-order valence-corrected chi connectivity index (χ1v) is 6.85. The number of likely N-dealkylation sites (tertiary alicyclic amines) is 1. The maximum atomic E-state index is 13.4. The largest absolute Gasteiger partial charge is 0.468 e. The molecule has 0 unspecified atom stereocenters. The summed E-state index contributed by atoms with van der Waals surface area (Å²) in [7, 11) is 0. The van der Waals surface area contributed by atoms with Crippen LogP contribution in [0.4, 0.5) is 4.39 Å². The Kier molecular flexibility index (Phi) is 3.65. The normalized spacial score (nSPS) is 20.6. The molecule has 1 atom stereocenters. The van der Waals surface area contributed by atoms with E-state index in [0.717, 1.165) is 30.8 Å². The molecule has 1 saturated heterocycles. The molecular weight excluding hydrogens is 241 g/mol. The molecule has 100 valence electrons. The van der Waals surface area contributed by atoms with Gasteiger partial charge >= 0.3 is 0 Å². The molecule has 0 N–H and O–H groups in total. The van der Waals surface area contributed by atoms with Crippen molar-refractivity contribution < 1.29 is 8.81 Å². The summed E-state index contributed by atoms with van der Waals surface area (Å²) in [5.74, 6) is 0.823. The van der Waals surface area contributed by atoms with Crippen molar-refractivity contribution >= 4 is 0 Å². The van der Waals surface area contributed by atoms with E-state index < -0.39 is 0 Å². The summed E-state index contributed by atoms with van der Waals surface area (Å²) in [5, 5.41) is 0. The van der Waals surface area contributed by atoms with Crippen molar-refractivity contribution in [3.63, 3.8) is 0 Å². The third-order valence-electron chi connectivity index (χ3n) is 3.79. The van der Waals surface area contributed by atoms with Crippen LogP contribution in [0.1, 0.15) is 36.6 Å². The Labute approximate surface area is 112 Å². The molecule has 1 aliphatic heterocycles. The van der Waals surface area contributed by atoms with Gasteiger partial charge in [0.15, 0.2) is 0 Å². The molecule has 0 bridgehead atoms. The highest BCUT2D eigenvalue weighted by molar-refractivity contribution is 5.21. The summed E-state index contributed by atoms with van der Waals surface area (Å²) >= 11 is 0. The van der Waals surface area contributed by atoms with Crippen molar-refractivity contribution in [3.05, 3.63) is 59.8 Å². The van der Waals surface area contributed by atoms with Gasteiger partial charge in [-0.2, -0.15) is 0 Å². The number of hydrogen-bond donors (Lipinski definition) is 0. The highest BCUT2D eigenvalue weighted by Gasteiger charge is 2.24. The number of rotatable bonds is 3. The molecule has 1 aromatic carbocycles. The quantitative estimate of drug-likeness (QED) is 0.823. The van der Waals surface area contributed by atoms with Crippen LogP contribution in [0.5, 0.6) is 0 Å². The number of halogens is 1. The number of benzene rings is 1. The molecule has 0 spiro atoms. The first kappa shape index (κ1) is 12.4. The average molecular weight is 259 g/mol. The van der Waals surface area contributed by atoms with Gasteiger partial charge in [0.25, 0.3) is 0 Å². The number of piperidine rings is 1. The lowest BCUT2D eigenvalue weighted by Crippen LogP contribution is -2.32. The standard InChI is InChI=1S/C16H18FNO/c17-14-6-3-5-13(11-14)16-8-1-2-9-18(16)12-15-7-4-10-19-15/h3-7,10-11,16H,1-2,8-9,12H2/t16-/m0/s1. The molecule has 0 aliphatic carbocycles. The van der Waals surface area contributed by atoms with Gasteiger partial charge < -0.3 is 4.42 Å². The SMILES string of the molecule is Fc1cccc([C@@H]2CCCCN2Cc2ccco2)c1. The van der Waals surface area contributed by atoms with Crippen molar-refractivity contribution in [1.29, 1.82) is 0 Å².